The number of aliphatic hydroxyl groups excluding tert-OH is 1. The van der Waals surface area contributed by atoms with Crippen molar-refractivity contribution in [3.8, 4) is 0 Å². The molecule has 0 bridgehead atoms. The molecular weight excluding hydrogens is 462 g/mol. The lowest BCUT2D eigenvalue weighted by Gasteiger charge is -2.62. The third kappa shape index (κ3) is 6.07. The van der Waals surface area contributed by atoms with Crippen LogP contribution in [0.1, 0.15) is 97.8 Å². The van der Waals surface area contributed by atoms with E-state index < -0.39 is 0 Å². The first-order valence-corrected chi connectivity index (χ1v) is 15.6. The van der Waals surface area contributed by atoms with Crippen molar-refractivity contribution in [3.05, 3.63) is 0 Å². The molecule has 5 N–H and O–H groups in total. The molecule has 0 saturated heterocycles. The SMILES string of the molecule is COC(=O)CC[C@@H](C)C1CCC2C3C(CC[C@@]21C)[C@@]1(C)CC[C@H](NCCCNCCCN)CC1C[C@@H]3O. The molecule has 0 spiro atoms. The molecule has 37 heavy (non-hydrogen) atoms. The van der Waals surface area contributed by atoms with Gasteiger partial charge < -0.3 is 26.2 Å². The molecule has 0 amide bonds. The molecule has 0 aromatic carbocycles. The highest BCUT2D eigenvalue weighted by Gasteiger charge is 2.62. The highest BCUT2D eigenvalue weighted by atomic mass is 16.5. The van der Waals surface area contributed by atoms with Gasteiger partial charge in [0.15, 0.2) is 0 Å². The van der Waals surface area contributed by atoms with Crippen LogP contribution in [0.25, 0.3) is 0 Å². The summed E-state index contributed by atoms with van der Waals surface area (Å²) in [6, 6.07) is 0.603. The van der Waals surface area contributed by atoms with E-state index in [1.165, 1.54) is 52.1 Å². The molecule has 6 heteroatoms. The lowest BCUT2D eigenvalue weighted by atomic mass is 9.43. The number of methoxy groups -OCH3 is 1. The minimum Gasteiger partial charge on any atom is -0.469 e. The van der Waals surface area contributed by atoms with Crippen LogP contribution in [0.5, 0.6) is 0 Å². The maximum absolute atomic E-state index is 11.8. The van der Waals surface area contributed by atoms with Gasteiger partial charge in [0.2, 0.25) is 0 Å². The fourth-order valence-electron chi connectivity index (χ4n) is 9.90. The number of carbonyl (C=O) groups is 1. The summed E-state index contributed by atoms with van der Waals surface area (Å²) in [4.78, 5) is 11.8. The molecule has 4 aliphatic rings. The Bertz CT molecular complexity index is 749. The van der Waals surface area contributed by atoms with Crippen molar-refractivity contribution in [2.24, 2.45) is 52.1 Å². The van der Waals surface area contributed by atoms with Gasteiger partial charge in [0.05, 0.1) is 13.2 Å². The molecule has 4 saturated carbocycles. The summed E-state index contributed by atoms with van der Waals surface area (Å²) in [7, 11) is 1.49. The Kier molecular flexibility index (Phi) is 10.0. The fourth-order valence-corrected chi connectivity index (χ4v) is 9.90. The van der Waals surface area contributed by atoms with E-state index in [9.17, 15) is 9.90 Å². The molecule has 4 fully saturated rings. The lowest BCUT2D eigenvalue weighted by Crippen LogP contribution is -2.59. The first-order valence-electron chi connectivity index (χ1n) is 15.6. The van der Waals surface area contributed by atoms with Crippen molar-refractivity contribution in [2.75, 3.05) is 33.3 Å². The average Bonchev–Trinajstić information content (AvgIpc) is 3.24. The predicted octanol–water partition coefficient (Wildman–Crippen LogP) is 4.49. The second-order valence-corrected chi connectivity index (χ2v) is 13.8. The molecule has 10 atom stereocenters. The molecular formula is C31H57N3O3. The predicted molar refractivity (Wildman–Crippen MR) is 150 cm³/mol. The van der Waals surface area contributed by atoms with Crippen molar-refractivity contribution in [1.29, 1.82) is 0 Å². The van der Waals surface area contributed by atoms with E-state index in [2.05, 4.69) is 31.4 Å². The van der Waals surface area contributed by atoms with Gasteiger partial charge in [-0.25, -0.2) is 0 Å². The van der Waals surface area contributed by atoms with Crippen LogP contribution < -0.4 is 16.4 Å². The van der Waals surface area contributed by atoms with Crippen LogP contribution in [0.15, 0.2) is 0 Å². The van der Waals surface area contributed by atoms with Crippen LogP contribution in [0, 0.1) is 46.3 Å². The summed E-state index contributed by atoms with van der Waals surface area (Å²) < 4.78 is 4.91. The fraction of sp³-hybridized carbons (Fsp3) is 0.968. The highest BCUT2D eigenvalue weighted by Crippen LogP contribution is 2.68. The standard InChI is InChI=1S/C31H57N3O3/c1-21(7-10-28(36)37-4)24-8-9-25-29-26(12-14-31(24,25)3)30(2)13-11-23(19-22(30)20-27(29)35)34-18-6-17-33-16-5-15-32/h21-27,29,33-35H,5-20,32H2,1-4H3/t21-,22?,23+,24?,25?,26?,27+,29?,30+,31-/m1/s1. The van der Waals surface area contributed by atoms with Crippen LogP contribution in [0.2, 0.25) is 0 Å². The number of fused-ring (bicyclic) bond motifs is 5. The molecule has 0 radical (unpaired) electrons. The molecule has 0 aromatic heterocycles. The molecule has 4 rings (SSSR count). The van der Waals surface area contributed by atoms with Gasteiger partial charge in [-0.15, -0.1) is 0 Å². The monoisotopic (exact) mass is 519 g/mol. The van der Waals surface area contributed by atoms with Crippen LogP contribution in [0.3, 0.4) is 0 Å². The number of hydrogen-bond acceptors (Lipinski definition) is 6. The third-order valence-electron chi connectivity index (χ3n) is 12.0. The number of nitrogens with two attached hydrogens (primary N) is 1. The van der Waals surface area contributed by atoms with Gasteiger partial charge in [0, 0.05) is 12.5 Å². The highest BCUT2D eigenvalue weighted by molar-refractivity contribution is 5.69. The van der Waals surface area contributed by atoms with E-state index in [4.69, 9.17) is 10.5 Å². The summed E-state index contributed by atoms with van der Waals surface area (Å²) in [6.45, 7) is 11.4. The van der Waals surface area contributed by atoms with Crippen LogP contribution in [0.4, 0.5) is 0 Å². The van der Waals surface area contributed by atoms with Crippen molar-refractivity contribution in [1.82, 2.24) is 10.6 Å². The van der Waals surface area contributed by atoms with E-state index in [1.54, 1.807) is 0 Å². The molecule has 0 aliphatic heterocycles. The molecule has 4 aliphatic carbocycles. The number of esters is 1. The minimum atomic E-state index is -0.151. The molecule has 5 unspecified atom stereocenters. The summed E-state index contributed by atoms with van der Waals surface area (Å²) >= 11 is 0. The summed E-state index contributed by atoms with van der Waals surface area (Å²) in [6.07, 6.45) is 13.4. The quantitative estimate of drug-likeness (QED) is 0.224. The smallest absolute Gasteiger partial charge is 0.305 e. The number of rotatable bonds is 12. The maximum atomic E-state index is 11.8. The van der Waals surface area contributed by atoms with Crippen molar-refractivity contribution < 1.29 is 14.6 Å². The van der Waals surface area contributed by atoms with Gasteiger partial charge in [-0.1, -0.05) is 20.8 Å². The number of carbonyl (C=O) groups excluding carboxylic acids is 1. The molecule has 0 heterocycles. The van der Waals surface area contributed by atoms with E-state index in [0.717, 1.165) is 51.9 Å². The zero-order valence-electron chi connectivity index (χ0n) is 24.3. The second kappa shape index (κ2) is 12.7. The van der Waals surface area contributed by atoms with E-state index in [0.29, 0.717) is 58.8 Å². The minimum absolute atomic E-state index is 0.0822. The number of hydrogen-bond donors (Lipinski definition) is 4. The Morgan fingerprint density at radius 2 is 1.76 bits per heavy atom. The normalized spacial score (nSPS) is 41.9. The topological polar surface area (TPSA) is 96.6 Å². The van der Waals surface area contributed by atoms with Crippen LogP contribution >= 0.6 is 0 Å². The van der Waals surface area contributed by atoms with Gasteiger partial charge in [-0.05, 0) is 143 Å². The number of nitrogens with one attached hydrogen (secondary N) is 2. The van der Waals surface area contributed by atoms with E-state index in [1.807, 2.05) is 0 Å². The van der Waals surface area contributed by atoms with Crippen molar-refractivity contribution in [3.63, 3.8) is 0 Å². The first-order chi connectivity index (χ1) is 17.7. The molecule has 0 aromatic rings. The Morgan fingerprint density at radius 1 is 1.03 bits per heavy atom. The van der Waals surface area contributed by atoms with Crippen molar-refractivity contribution in [2.45, 2.75) is 110 Å². The summed E-state index contributed by atoms with van der Waals surface area (Å²) in [5.74, 6) is 3.50. The zero-order valence-corrected chi connectivity index (χ0v) is 24.3. The molecule has 214 valence electrons. The Hall–Kier alpha value is -0.690. The van der Waals surface area contributed by atoms with Gasteiger partial charge in [0.1, 0.15) is 0 Å². The largest absolute Gasteiger partial charge is 0.469 e. The second-order valence-electron chi connectivity index (χ2n) is 13.8. The van der Waals surface area contributed by atoms with Gasteiger partial charge >= 0.3 is 5.97 Å². The summed E-state index contributed by atoms with van der Waals surface area (Å²) in [5.41, 5.74) is 6.25. The Balaban J connectivity index is 1.34. The summed E-state index contributed by atoms with van der Waals surface area (Å²) in [5, 5.41) is 19.0. The third-order valence-corrected chi connectivity index (χ3v) is 12.0. The zero-order chi connectivity index (χ0) is 26.6. The van der Waals surface area contributed by atoms with E-state index in [-0.39, 0.29) is 12.1 Å². The van der Waals surface area contributed by atoms with Crippen molar-refractivity contribution >= 4 is 5.97 Å². The van der Waals surface area contributed by atoms with Gasteiger partial charge in [0.25, 0.3) is 0 Å². The van der Waals surface area contributed by atoms with Crippen LogP contribution in [-0.2, 0) is 9.53 Å². The Labute approximate surface area is 226 Å². The van der Waals surface area contributed by atoms with E-state index >= 15 is 0 Å². The lowest BCUT2D eigenvalue weighted by molar-refractivity contribution is -0.167. The first kappa shape index (κ1) is 29.3. The maximum Gasteiger partial charge on any atom is 0.305 e. The number of ether oxygens (including phenoxy) is 1. The molecule has 6 nitrogen and oxygen atoms in total. The van der Waals surface area contributed by atoms with Gasteiger partial charge in [-0.3, -0.25) is 4.79 Å². The van der Waals surface area contributed by atoms with Gasteiger partial charge in [-0.2, -0.15) is 0 Å². The average molecular weight is 520 g/mol. The van der Waals surface area contributed by atoms with Crippen LogP contribution in [-0.4, -0.2) is 56.5 Å². The number of aliphatic hydroxyl groups is 1. The Morgan fingerprint density at radius 3 is 2.51 bits per heavy atom.